The molecule has 1 heterocycles. The van der Waals surface area contributed by atoms with Crippen LogP contribution in [0.3, 0.4) is 0 Å². The molecule has 34 heavy (non-hydrogen) atoms. The molecule has 5 rings (SSSR count). The first-order valence-electron chi connectivity index (χ1n) is 10.4. The van der Waals surface area contributed by atoms with Crippen LogP contribution in [-0.4, -0.2) is 17.6 Å². The van der Waals surface area contributed by atoms with Crippen LogP contribution < -0.4 is 10.5 Å². The Hall–Kier alpha value is -4.26. The molecule has 4 aromatic carbocycles. The van der Waals surface area contributed by atoms with Gasteiger partial charge in [0.15, 0.2) is 11.6 Å². The van der Waals surface area contributed by atoms with Crippen LogP contribution in [0, 0.1) is 23.5 Å². The van der Waals surface area contributed by atoms with Gasteiger partial charge in [-0.15, -0.1) is 0 Å². The Balaban J connectivity index is 1.78. The summed E-state index contributed by atoms with van der Waals surface area (Å²) < 4.78 is 49.3. The van der Waals surface area contributed by atoms with E-state index < -0.39 is 23.4 Å². The van der Waals surface area contributed by atoms with E-state index in [1.54, 1.807) is 35.9 Å². The highest BCUT2D eigenvalue weighted by Crippen LogP contribution is 2.35. The second kappa shape index (κ2) is 8.26. The van der Waals surface area contributed by atoms with E-state index >= 15 is 0 Å². The van der Waals surface area contributed by atoms with Crippen molar-refractivity contribution in [1.29, 1.82) is 0 Å². The highest BCUT2D eigenvalue weighted by Gasteiger charge is 2.19. The lowest BCUT2D eigenvalue weighted by atomic mass is 10.0. The van der Waals surface area contributed by atoms with Crippen LogP contribution in [-0.2, 0) is 6.54 Å². The second-order valence-electron chi connectivity index (χ2n) is 7.89. The van der Waals surface area contributed by atoms with Gasteiger partial charge in [-0.05, 0) is 59.7 Å². The third kappa shape index (κ3) is 3.55. The number of carbonyl (C=O) groups excluding carboxylic acids is 1. The molecule has 7 heteroatoms. The number of nitrogens with two attached hydrogens (primary N) is 1. The van der Waals surface area contributed by atoms with Gasteiger partial charge in [0.1, 0.15) is 11.6 Å². The summed E-state index contributed by atoms with van der Waals surface area (Å²) in [5, 5.41) is 1.14. The minimum Gasteiger partial charge on any atom is -0.497 e. The van der Waals surface area contributed by atoms with Gasteiger partial charge >= 0.3 is 0 Å². The van der Waals surface area contributed by atoms with E-state index in [0.717, 1.165) is 17.2 Å². The topological polar surface area (TPSA) is 57.2 Å². The summed E-state index contributed by atoms with van der Waals surface area (Å²) in [6.45, 7) is -0.164. The number of fused-ring (bicyclic) bond motifs is 3. The zero-order valence-electron chi connectivity index (χ0n) is 18.0. The number of hydrogen-bond donors (Lipinski definition) is 1. The summed E-state index contributed by atoms with van der Waals surface area (Å²) in [5.74, 6) is -3.19. The second-order valence-corrected chi connectivity index (χ2v) is 7.89. The summed E-state index contributed by atoms with van der Waals surface area (Å²) in [7, 11) is 1.58. The average Bonchev–Trinajstić information content (AvgIpc) is 3.15. The standard InChI is InChI=1S/C27H18F3N2O2/c1-34-19-8-5-15(6-9-19)16-7-10-20-24(12-16)32(14-17-11-18(28)13-22(29)26(17)30)23-4-2-3-21(25(20)23)27(31)33/h2-9,11-13H,14H2,1H3,(H2,31,33). The molecule has 2 N–H and O–H groups in total. The maximum Gasteiger partial charge on any atom is 0.249 e. The Morgan fingerprint density at radius 1 is 1.00 bits per heavy atom. The lowest BCUT2D eigenvalue weighted by Crippen LogP contribution is -2.11. The van der Waals surface area contributed by atoms with E-state index in [4.69, 9.17) is 10.5 Å². The van der Waals surface area contributed by atoms with Crippen molar-refractivity contribution in [3.63, 3.8) is 0 Å². The van der Waals surface area contributed by atoms with Gasteiger partial charge in [0.2, 0.25) is 5.91 Å². The van der Waals surface area contributed by atoms with E-state index in [1.807, 2.05) is 30.3 Å². The van der Waals surface area contributed by atoms with Crippen molar-refractivity contribution in [2.75, 3.05) is 7.11 Å². The molecule has 1 radical (unpaired) electrons. The van der Waals surface area contributed by atoms with Crippen molar-refractivity contribution in [1.82, 2.24) is 4.57 Å². The Kier molecular flexibility index (Phi) is 5.24. The Morgan fingerprint density at radius 3 is 2.47 bits per heavy atom. The lowest BCUT2D eigenvalue weighted by Gasteiger charge is -2.11. The van der Waals surface area contributed by atoms with Crippen molar-refractivity contribution in [3.8, 4) is 16.9 Å². The van der Waals surface area contributed by atoms with Crippen LogP contribution in [0.2, 0.25) is 0 Å². The van der Waals surface area contributed by atoms with Crippen LogP contribution in [0.15, 0.2) is 66.7 Å². The quantitative estimate of drug-likeness (QED) is 0.336. The van der Waals surface area contributed by atoms with E-state index in [2.05, 4.69) is 6.07 Å². The van der Waals surface area contributed by atoms with E-state index in [-0.39, 0.29) is 17.7 Å². The molecule has 0 fully saturated rings. The number of methoxy groups -OCH3 is 1. The van der Waals surface area contributed by atoms with Gasteiger partial charge in [-0.1, -0.05) is 18.2 Å². The van der Waals surface area contributed by atoms with Crippen LogP contribution >= 0.6 is 0 Å². The fourth-order valence-electron chi connectivity index (χ4n) is 4.28. The van der Waals surface area contributed by atoms with Gasteiger partial charge in [-0.25, -0.2) is 13.2 Å². The minimum absolute atomic E-state index is 0.157. The Labute approximate surface area is 193 Å². The first-order chi connectivity index (χ1) is 16.4. The summed E-state index contributed by atoms with van der Waals surface area (Å²) in [4.78, 5) is 12.1. The number of primary amides is 1. The third-order valence-electron chi connectivity index (χ3n) is 5.88. The number of rotatable bonds is 5. The van der Waals surface area contributed by atoms with E-state index in [9.17, 15) is 18.0 Å². The van der Waals surface area contributed by atoms with Crippen LogP contribution in [0.5, 0.6) is 5.75 Å². The molecule has 1 aromatic heterocycles. The Morgan fingerprint density at radius 2 is 1.76 bits per heavy atom. The zero-order chi connectivity index (χ0) is 24.0. The lowest BCUT2D eigenvalue weighted by molar-refractivity contribution is 0.100. The molecule has 5 aromatic rings. The summed E-state index contributed by atoms with van der Waals surface area (Å²) in [6, 6.07) is 20.8. The third-order valence-corrected chi connectivity index (χ3v) is 5.88. The summed E-state index contributed by atoms with van der Waals surface area (Å²) >= 11 is 0. The number of ether oxygens (including phenoxy) is 1. The number of carbonyl (C=O) groups is 1. The van der Waals surface area contributed by atoms with Crippen LogP contribution in [0.25, 0.3) is 32.9 Å². The molecule has 0 aliphatic rings. The first-order valence-corrected chi connectivity index (χ1v) is 10.4. The zero-order valence-corrected chi connectivity index (χ0v) is 18.0. The maximum absolute atomic E-state index is 14.5. The molecule has 0 bridgehead atoms. The molecular formula is C27H18F3N2O2. The Bertz CT molecular complexity index is 1570. The number of amides is 1. The van der Waals surface area contributed by atoms with Crippen LogP contribution in [0.1, 0.15) is 15.9 Å². The predicted octanol–water partition coefficient (Wildman–Crippen LogP) is 5.83. The first kappa shape index (κ1) is 21.6. The van der Waals surface area contributed by atoms with E-state index in [0.29, 0.717) is 33.6 Å². The highest BCUT2D eigenvalue weighted by atomic mass is 19.2. The number of aromatic nitrogens is 1. The fourth-order valence-corrected chi connectivity index (χ4v) is 4.28. The van der Waals surface area contributed by atoms with Gasteiger partial charge in [-0.3, -0.25) is 4.79 Å². The van der Waals surface area contributed by atoms with E-state index in [1.165, 1.54) is 0 Å². The van der Waals surface area contributed by atoms with Crippen LogP contribution in [0.4, 0.5) is 13.2 Å². The van der Waals surface area contributed by atoms with Crippen molar-refractivity contribution < 1.29 is 22.7 Å². The number of nitrogens with zero attached hydrogens (tertiary/aromatic N) is 1. The maximum atomic E-state index is 14.5. The van der Waals surface area contributed by atoms with Crippen molar-refractivity contribution in [2.24, 2.45) is 5.73 Å². The molecule has 0 saturated heterocycles. The number of hydrogen-bond acceptors (Lipinski definition) is 2. The normalized spacial score (nSPS) is 11.3. The molecule has 0 saturated carbocycles. The van der Waals surface area contributed by atoms with Gasteiger partial charge in [-0.2, -0.15) is 0 Å². The molecule has 0 spiro atoms. The summed E-state index contributed by atoms with van der Waals surface area (Å²) in [5.41, 5.74) is 8.61. The number of benzene rings is 4. The van der Waals surface area contributed by atoms with Gasteiger partial charge < -0.3 is 15.0 Å². The van der Waals surface area contributed by atoms with Crippen molar-refractivity contribution in [3.05, 3.63) is 101 Å². The largest absolute Gasteiger partial charge is 0.497 e. The highest BCUT2D eigenvalue weighted by molar-refractivity contribution is 6.18. The van der Waals surface area contributed by atoms with Crippen molar-refractivity contribution in [2.45, 2.75) is 6.54 Å². The molecule has 0 unspecified atom stereocenters. The smallest absolute Gasteiger partial charge is 0.249 e. The fraction of sp³-hybridized carbons (Fsp3) is 0.0741. The minimum atomic E-state index is -1.26. The molecule has 0 aliphatic carbocycles. The van der Waals surface area contributed by atoms with Gasteiger partial charge in [0.05, 0.1) is 24.7 Å². The predicted molar refractivity (Wildman–Crippen MR) is 124 cm³/mol. The molecule has 0 atom stereocenters. The van der Waals surface area contributed by atoms with Crippen molar-refractivity contribution >= 4 is 27.7 Å². The van der Waals surface area contributed by atoms with Gasteiger partial charge in [0.25, 0.3) is 0 Å². The monoisotopic (exact) mass is 459 g/mol. The molecular weight excluding hydrogens is 441 g/mol. The summed E-state index contributed by atoms with van der Waals surface area (Å²) in [6.07, 6.45) is 0. The number of halogens is 3. The SMILES string of the molecule is COc1ccc(-c2c[c]c3c4c(C(N)=O)cccc4n(Cc4cc(F)cc(F)c4F)c3c2)cc1. The molecule has 169 valence electrons. The average molecular weight is 459 g/mol. The molecule has 0 aliphatic heterocycles. The molecule has 4 nitrogen and oxygen atoms in total. The molecule has 1 amide bonds. The van der Waals surface area contributed by atoms with Gasteiger partial charge in [0, 0.05) is 28.0 Å².